The Kier molecular flexibility index (Phi) is 7.21. The highest BCUT2D eigenvalue weighted by Crippen LogP contribution is 2.37. The number of aryl methyl sites for hydroxylation is 1. The van der Waals surface area contributed by atoms with E-state index in [0.717, 1.165) is 25.0 Å². The van der Waals surface area contributed by atoms with Crippen LogP contribution < -0.4 is 10.1 Å². The number of ether oxygens (including phenoxy) is 1. The predicted molar refractivity (Wildman–Crippen MR) is 109 cm³/mol. The van der Waals surface area contributed by atoms with Crippen LogP contribution in [0, 0.1) is 25.7 Å². The van der Waals surface area contributed by atoms with Gasteiger partial charge in [0.2, 0.25) is 5.91 Å². The van der Waals surface area contributed by atoms with Crippen molar-refractivity contribution >= 4 is 22.4 Å². The zero-order chi connectivity index (χ0) is 19.3. The van der Waals surface area contributed by atoms with Gasteiger partial charge in [0.25, 0.3) is 0 Å². The third-order valence-electron chi connectivity index (χ3n) is 5.24. The first-order valence-electron chi connectivity index (χ1n) is 9.37. The quantitative estimate of drug-likeness (QED) is 0.803. The monoisotopic (exact) mass is 374 g/mol. The Morgan fingerprint density at radius 3 is 2.69 bits per heavy atom. The summed E-state index contributed by atoms with van der Waals surface area (Å²) in [6.45, 7) is 10.3. The Hall–Kier alpha value is -1.88. The zero-order valence-electron chi connectivity index (χ0n) is 16.7. The molecule has 0 aliphatic heterocycles. The second-order valence-corrected chi connectivity index (χ2v) is 7.49. The molecule has 1 heterocycles. The maximum atomic E-state index is 12.5. The van der Waals surface area contributed by atoms with Crippen LogP contribution in [0.15, 0.2) is 17.6 Å². The molecule has 1 aromatic carbocycles. The first-order valence-corrected chi connectivity index (χ1v) is 10.3. The second-order valence-electron chi connectivity index (χ2n) is 6.60. The van der Waals surface area contributed by atoms with Gasteiger partial charge in [-0.3, -0.25) is 4.79 Å². The highest BCUT2D eigenvalue weighted by Gasteiger charge is 2.30. The van der Waals surface area contributed by atoms with E-state index in [-0.39, 0.29) is 11.8 Å². The first kappa shape index (κ1) is 20.4. The van der Waals surface area contributed by atoms with Gasteiger partial charge >= 0.3 is 0 Å². The molecule has 5 heteroatoms. The second kappa shape index (κ2) is 9.17. The number of methoxy groups -OCH3 is 1. The number of carbonyl (C=O) groups excluding carboxylic acids is 1. The molecule has 4 nitrogen and oxygen atoms in total. The van der Waals surface area contributed by atoms with E-state index in [2.05, 4.69) is 30.2 Å². The van der Waals surface area contributed by atoms with Crippen molar-refractivity contribution in [1.29, 1.82) is 0 Å². The van der Waals surface area contributed by atoms with Gasteiger partial charge in [-0.1, -0.05) is 20.8 Å². The number of amides is 1. The lowest BCUT2D eigenvalue weighted by Crippen LogP contribution is -2.31. The van der Waals surface area contributed by atoms with E-state index in [1.807, 2.05) is 26.2 Å². The number of nitrogens with one attached hydrogen (secondary N) is 1. The largest absolute Gasteiger partial charge is 0.496 e. The van der Waals surface area contributed by atoms with Crippen LogP contribution in [-0.4, -0.2) is 18.0 Å². The molecule has 1 unspecified atom stereocenters. The van der Waals surface area contributed by atoms with E-state index >= 15 is 0 Å². The van der Waals surface area contributed by atoms with Gasteiger partial charge in [0.1, 0.15) is 5.75 Å². The molecule has 0 saturated carbocycles. The van der Waals surface area contributed by atoms with Crippen molar-refractivity contribution in [3.05, 3.63) is 39.9 Å². The van der Waals surface area contributed by atoms with Crippen LogP contribution in [0.5, 0.6) is 5.75 Å². The molecule has 0 bridgehead atoms. The van der Waals surface area contributed by atoms with E-state index < -0.39 is 0 Å². The smallest absolute Gasteiger partial charge is 0.229 e. The van der Waals surface area contributed by atoms with Gasteiger partial charge in [-0.15, -0.1) is 11.3 Å². The minimum absolute atomic E-state index is 0.0343. The summed E-state index contributed by atoms with van der Waals surface area (Å²) in [5.74, 6) is 1.33. The lowest BCUT2D eigenvalue weighted by Gasteiger charge is -2.31. The fraction of sp³-hybridized carbons (Fsp3) is 0.524. The Morgan fingerprint density at radius 2 is 2.08 bits per heavy atom. The van der Waals surface area contributed by atoms with Gasteiger partial charge in [0, 0.05) is 17.5 Å². The molecule has 1 amide bonds. The van der Waals surface area contributed by atoms with Crippen LogP contribution >= 0.6 is 11.3 Å². The normalized spacial score (nSPS) is 16.8. The summed E-state index contributed by atoms with van der Waals surface area (Å²) >= 11 is 1.45. The van der Waals surface area contributed by atoms with Crippen LogP contribution in [0.25, 0.3) is 0 Å². The molecule has 1 aliphatic rings. The molecule has 1 aliphatic carbocycles. The van der Waals surface area contributed by atoms with Crippen molar-refractivity contribution < 1.29 is 9.53 Å². The molecule has 1 N–H and O–H groups in total. The summed E-state index contributed by atoms with van der Waals surface area (Å²) in [6.07, 6.45) is 4.73. The minimum atomic E-state index is -0.0343. The maximum absolute atomic E-state index is 12.5. The minimum Gasteiger partial charge on any atom is -0.496 e. The number of carbonyl (C=O) groups is 1. The van der Waals surface area contributed by atoms with Crippen molar-refractivity contribution in [2.75, 3.05) is 12.4 Å². The summed E-state index contributed by atoms with van der Waals surface area (Å²) < 4.78 is 5.52. The van der Waals surface area contributed by atoms with Gasteiger partial charge in [-0.25, -0.2) is 4.98 Å². The van der Waals surface area contributed by atoms with Crippen molar-refractivity contribution in [3.63, 3.8) is 0 Å². The van der Waals surface area contributed by atoms with Crippen LogP contribution in [0.3, 0.4) is 0 Å². The highest BCUT2D eigenvalue weighted by atomic mass is 32.1. The number of rotatable bonds is 4. The third kappa shape index (κ3) is 4.26. The van der Waals surface area contributed by atoms with Crippen LogP contribution in [0.2, 0.25) is 0 Å². The summed E-state index contributed by atoms with van der Waals surface area (Å²) in [5.41, 5.74) is 5.33. The van der Waals surface area contributed by atoms with Gasteiger partial charge in [-0.05, 0) is 67.3 Å². The van der Waals surface area contributed by atoms with E-state index in [1.54, 1.807) is 13.3 Å². The number of hydrogen-bond donors (Lipinski definition) is 1. The van der Waals surface area contributed by atoms with Gasteiger partial charge in [0.05, 0.1) is 7.11 Å². The maximum Gasteiger partial charge on any atom is 0.229 e. The molecule has 2 aromatic rings. The molecule has 2 atom stereocenters. The average Bonchev–Trinajstić information content (AvgIpc) is 3.18. The third-order valence-corrected chi connectivity index (χ3v) is 5.93. The van der Waals surface area contributed by atoms with Gasteiger partial charge < -0.3 is 10.1 Å². The fourth-order valence-electron chi connectivity index (χ4n) is 3.68. The lowest BCUT2D eigenvalue weighted by atomic mass is 9.75. The Morgan fingerprint density at radius 1 is 1.35 bits per heavy atom. The molecule has 0 saturated heterocycles. The molecule has 142 valence electrons. The molecule has 1 aromatic heterocycles. The van der Waals surface area contributed by atoms with Crippen molar-refractivity contribution in [1.82, 2.24) is 4.98 Å². The first-order chi connectivity index (χ1) is 12.5. The number of thiazole rings is 1. The topological polar surface area (TPSA) is 51.2 Å². The van der Waals surface area contributed by atoms with Crippen molar-refractivity contribution in [2.24, 2.45) is 11.8 Å². The molecular formula is C21H30N2O2S. The van der Waals surface area contributed by atoms with Gasteiger partial charge in [-0.2, -0.15) is 0 Å². The summed E-state index contributed by atoms with van der Waals surface area (Å²) in [7, 11) is 1.72. The van der Waals surface area contributed by atoms with E-state index in [0.29, 0.717) is 11.0 Å². The van der Waals surface area contributed by atoms with E-state index in [1.165, 1.54) is 33.6 Å². The lowest BCUT2D eigenvalue weighted by molar-refractivity contribution is -0.121. The number of aromatic nitrogens is 1. The van der Waals surface area contributed by atoms with E-state index in [4.69, 9.17) is 4.74 Å². The Balaban J connectivity index is 0.00000117. The van der Waals surface area contributed by atoms with Crippen molar-refractivity contribution in [2.45, 2.75) is 53.9 Å². The Bertz CT molecular complexity index is 741. The summed E-state index contributed by atoms with van der Waals surface area (Å²) in [5, 5.41) is 5.48. The Labute approximate surface area is 161 Å². The standard InChI is InChI=1S/C19H24N2O2S.C2H6/c1-11-9-17(23-4)13(3)16-10-14(5-6-15(11)16)12(2)18(22)21-19-20-7-8-24-19;1-2/h7-9,12,14H,5-6,10H2,1-4H3,(H,20,21,22);1-2H3/t12-,14?;/m0./s1. The fourth-order valence-corrected chi connectivity index (χ4v) is 4.21. The van der Waals surface area contributed by atoms with Crippen LogP contribution in [-0.2, 0) is 17.6 Å². The summed E-state index contributed by atoms with van der Waals surface area (Å²) in [6, 6.07) is 2.13. The molecule has 0 radical (unpaired) electrons. The molecule has 0 fully saturated rings. The molecular weight excluding hydrogens is 344 g/mol. The van der Waals surface area contributed by atoms with Crippen LogP contribution in [0.1, 0.15) is 49.4 Å². The molecule has 26 heavy (non-hydrogen) atoms. The van der Waals surface area contributed by atoms with Gasteiger partial charge in [0.15, 0.2) is 5.13 Å². The van der Waals surface area contributed by atoms with E-state index in [9.17, 15) is 4.79 Å². The number of hydrogen-bond acceptors (Lipinski definition) is 4. The number of nitrogens with zero attached hydrogens (tertiary/aromatic N) is 1. The number of fused-ring (bicyclic) bond motifs is 1. The predicted octanol–water partition coefficient (Wildman–Crippen LogP) is 5.17. The average molecular weight is 375 g/mol. The zero-order valence-corrected chi connectivity index (χ0v) is 17.5. The number of benzene rings is 1. The highest BCUT2D eigenvalue weighted by molar-refractivity contribution is 7.13. The SMILES string of the molecule is CC.COc1cc(C)c2c(c1C)CC([C@H](C)C(=O)Nc1nccs1)CC2. The van der Waals surface area contributed by atoms with Crippen LogP contribution in [0.4, 0.5) is 5.13 Å². The number of anilines is 1. The van der Waals surface area contributed by atoms with Crippen molar-refractivity contribution in [3.8, 4) is 5.75 Å². The molecule has 0 spiro atoms. The molecule has 3 rings (SSSR count). The summed E-state index contributed by atoms with van der Waals surface area (Å²) in [4.78, 5) is 16.7.